The summed E-state index contributed by atoms with van der Waals surface area (Å²) in [5, 5.41) is 0. The standard InChI is InChI=1S/C37H44IO6/c1-36(2,3)26-6-8-29(9-7-26)38-30-10-15-33(40-5)34(21-30)44-32-13-11-31(12-14-32)41-22-35(39)42-23-43-37(4)27-17-24-16-25(19-27)20-28(37)18-24/h6-15,21,24-25,27-28H,16-20,22-23H2,1-5H3/q+1. The van der Waals surface area contributed by atoms with Gasteiger partial charge in [-0.05, 0) is 122 Å². The van der Waals surface area contributed by atoms with Gasteiger partial charge in [-0.25, -0.2) is 4.79 Å². The van der Waals surface area contributed by atoms with Crippen LogP contribution in [0.4, 0.5) is 0 Å². The summed E-state index contributed by atoms with van der Waals surface area (Å²) in [6, 6.07) is 22.3. The van der Waals surface area contributed by atoms with Crippen LogP contribution in [0.3, 0.4) is 0 Å². The third-order valence-corrected chi connectivity index (χ3v) is 12.4. The molecule has 3 aromatic carbocycles. The fourth-order valence-electron chi connectivity index (χ4n) is 7.42. The van der Waals surface area contributed by atoms with E-state index in [9.17, 15) is 4.79 Å². The van der Waals surface area contributed by atoms with Gasteiger partial charge in [0.05, 0.1) is 12.7 Å². The summed E-state index contributed by atoms with van der Waals surface area (Å²) in [4.78, 5) is 12.4. The molecule has 0 unspecified atom stereocenters. The van der Waals surface area contributed by atoms with Crippen molar-refractivity contribution < 1.29 is 49.7 Å². The van der Waals surface area contributed by atoms with Gasteiger partial charge in [-0.15, -0.1) is 0 Å². The first-order valence-corrected chi connectivity index (χ1v) is 17.9. The number of rotatable bonds is 11. The van der Waals surface area contributed by atoms with Gasteiger partial charge in [0.1, 0.15) is 11.5 Å². The van der Waals surface area contributed by atoms with Crippen molar-refractivity contribution in [2.45, 2.75) is 70.8 Å². The van der Waals surface area contributed by atoms with Crippen LogP contribution in [0.25, 0.3) is 0 Å². The number of hydrogen-bond acceptors (Lipinski definition) is 6. The second-order valence-corrected chi connectivity index (χ2v) is 16.8. The van der Waals surface area contributed by atoms with E-state index in [0.717, 1.165) is 11.8 Å². The summed E-state index contributed by atoms with van der Waals surface area (Å²) < 4.78 is 31.7. The van der Waals surface area contributed by atoms with Crippen LogP contribution in [0, 0.1) is 30.8 Å². The lowest BCUT2D eigenvalue weighted by molar-refractivity contribution is -0.597. The van der Waals surface area contributed by atoms with E-state index in [0.29, 0.717) is 34.8 Å². The van der Waals surface area contributed by atoms with Crippen LogP contribution in [-0.4, -0.2) is 32.1 Å². The zero-order valence-electron chi connectivity index (χ0n) is 26.4. The Morgan fingerprint density at radius 1 is 0.818 bits per heavy atom. The maximum Gasteiger partial charge on any atom is 0.358 e. The topological polar surface area (TPSA) is 63.2 Å². The number of methoxy groups -OCH3 is 1. The molecule has 4 saturated carbocycles. The molecule has 0 atom stereocenters. The van der Waals surface area contributed by atoms with Gasteiger partial charge in [0.15, 0.2) is 32.0 Å². The lowest BCUT2D eigenvalue weighted by atomic mass is 9.50. The van der Waals surface area contributed by atoms with Crippen molar-refractivity contribution >= 4 is 5.97 Å². The zero-order chi connectivity index (χ0) is 30.9. The summed E-state index contributed by atoms with van der Waals surface area (Å²) in [5.41, 5.74) is 1.30. The Bertz CT molecular complexity index is 1410. The van der Waals surface area contributed by atoms with Crippen LogP contribution in [0.1, 0.15) is 65.4 Å². The Morgan fingerprint density at radius 3 is 2.05 bits per heavy atom. The lowest BCUT2D eigenvalue weighted by Gasteiger charge is -2.59. The molecule has 6 nitrogen and oxygen atoms in total. The molecule has 0 aromatic heterocycles. The molecule has 0 saturated heterocycles. The average molecular weight is 712 g/mol. The fraction of sp³-hybridized carbons (Fsp3) is 0.486. The van der Waals surface area contributed by atoms with Crippen LogP contribution in [0.2, 0.25) is 0 Å². The molecule has 0 radical (unpaired) electrons. The van der Waals surface area contributed by atoms with Crippen molar-refractivity contribution in [2.24, 2.45) is 23.7 Å². The SMILES string of the molecule is COc1ccc([I+]c2ccc(C(C)(C)C)cc2)cc1Oc1ccc(OCC(=O)OCOC2(C)C3CC4CC(C3)CC2C4)cc1. The third-order valence-electron chi connectivity index (χ3n) is 9.81. The largest absolute Gasteiger partial charge is 0.493 e. The molecule has 4 bridgehead atoms. The quantitative estimate of drug-likeness (QED) is 0.158. The first kappa shape index (κ1) is 31.2. The predicted octanol–water partition coefficient (Wildman–Crippen LogP) is 5.02. The fourth-order valence-corrected chi connectivity index (χ4v) is 9.66. The highest BCUT2D eigenvalue weighted by atomic mass is 127. The van der Waals surface area contributed by atoms with Gasteiger partial charge >= 0.3 is 27.2 Å². The van der Waals surface area contributed by atoms with E-state index in [2.05, 4.69) is 64.1 Å². The number of ether oxygens (including phenoxy) is 5. The van der Waals surface area contributed by atoms with Crippen LogP contribution in [-0.2, 0) is 19.7 Å². The van der Waals surface area contributed by atoms with E-state index in [1.165, 1.54) is 44.8 Å². The van der Waals surface area contributed by atoms with Crippen LogP contribution in [0.15, 0.2) is 66.7 Å². The Labute approximate surface area is 272 Å². The van der Waals surface area contributed by atoms with Crippen LogP contribution < -0.4 is 35.4 Å². The van der Waals surface area contributed by atoms with Crippen molar-refractivity contribution in [1.29, 1.82) is 0 Å². The molecule has 0 N–H and O–H groups in total. The Hall–Kier alpha value is -2.78. The molecule has 0 heterocycles. The van der Waals surface area contributed by atoms with Gasteiger partial charge in [-0.3, -0.25) is 0 Å². The average Bonchev–Trinajstić information content (AvgIpc) is 2.99. The number of carbonyl (C=O) groups is 1. The van der Waals surface area contributed by atoms with E-state index in [-0.39, 0.29) is 45.6 Å². The maximum atomic E-state index is 12.4. The summed E-state index contributed by atoms with van der Waals surface area (Å²) in [6.07, 6.45) is 6.43. The van der Waals surface area contributed by atoms with Gasteiger partial charge in [-0.1, -0.05) is 32.9 Å². The third kappa shape index (κ3) is 7.04. The van der Waals surface area contributed by atoms with Crippen molar-refractivity contribution in [1.82, 2.24) is 0 Å². The van der Waals surface area contributed by atoms with E-state index < -0.39 is 5.97 Å². The molecule has 234 valence electrons. The van der Waals surface area contributed by atoms with Crippen LogP contribution >= 0.6 is 0 Å². The summed E-state index contributed by atoms with van der Waals surface area (Å²) in [6.45, 7) is 8.74. The molecule has 7 heteroatoms. The molecule has 0 aliphatic heterocycles. The normalized spacial score (nSPS) is 25.5. The maximum absolute atomic E-state index is 12.4. The summed E-state index contributed by atoms with van der Waals surface area (Å²) in [7, 11) is 1.65. The smallest absolute Gasteiger partial charge is 0.358 e. The van der Waals surface area contributed by atoms with E-state index in [4.69, 9.17) is 23.7 Å². The summed E-state index contributed by atoms with van der Waals surface area (Å²) >= 11 is -0.372. The van der Waals surface area contributed by atoms with Gasteiger partial charge in [0.25, 0.3) is 0 Å². The molecule has 4 fully saturated rings. The van der Waals surface area contributed by atoms with Crippen molar-refractivity contribution in [2.75, 3.05) is 20.5 Å². The molecule has 0 amide bonds. The van der Waals surface area contributed by atoms with Gasteiger partial charge < -0.3 is 23.7 Å². The molecule has 44 heavy (non-hydrogen) atoms. The Balaban J connectivity index is 0.986. The summed E-state index contributed by atoms with van der Waals surface area (Å²) in [5.74, 6) is 5.04. The molecule has 4 aliphatic rings. The van der Waals surface area contributed by atoms with Crippen molar-refractivity contribution in [3.63, 3.8) is 0 Å². The first-order chi connectivity index (χ1) is 21.1. The minimum atomic E-state index is -0.435. The highest BCUT2D eigenvalue weighted by Gasteiger charge is 2.55. The van der Waals surface area contributed by atoms with Crippen molar-refractivity contribution in [3.8, 4) is 23.0 Å². The Kier molecular flexibility index (Phi) is 9.16. The van der Waals surface area contributed by atoms with Gasteiger partial charge in [-0.2, -0.15) is 0 Å². The molecule has 7 rings (SSSR count). The number of carbonyl (C=O) groups excluding carboxylic acids is 1. The number of hydrogen-bond donors (Lipinski definition) is 0. The van der Waals surface area contributed by atoms with E-state index >= 15 is 0 Å². The van der Waals surface area contributed by atoms with Gasteiger partial charge in [0, 0.05) is 6.07 Å². The molecule has 4 aliphatic carbocycles. The van der Waals surface area contributed by atoms with E-state index in [1.54, 1.807) is 19.2 Å². The number of halogens is 1. The molecule has 0 spiro atoms. The molecule has 3 aromatic rings. The highest BCUT2D eigenvalue weighted by molar-refractivity contribution is 5.71. The predicted molar refractivity (Wildman–Crippen MR) is 165 cm³/mol. The van der Waals surface area contributed by atoms with Gasteiger partial charge in [0.2, 0.25) is 0 Å². The molecular weight excluding hydrogens is 667 g/mol. The first-order valence-electron chi connectivity index (χ1n) is 15.7. The van der Waals surface area contributed by atoms with E-state index in [1.807, 2.05) is 18.2 Å². The number of esters is 1. The second-order valence-electron chi connectivity index (χ2n) is 13.8. The monoisotopic (exact) mass is 711 g/mol. The minimum Gasteiger partial charge on any atom is -0.493 e. The zero-order valence-corrected chi connectivity index (χ0v) is 28.6. The number of benzene rings is 3. The lowest BCUT2D eigenvalue weighted by Crippen LogP contribution is -3.61. The minimum absolute atomic E-state index is 0.0147. The van der Waals surface area contributed by atoms with Crippen molar-refractivity contribution in [3.05, 3.63) is 79.4 Å². The second kappa shape index (κ2) is 12.9. The molecular formula is C37H44IO6+. The Morgan fingerprint density at radius 2 is 1.43 bits per heavy atom. The van der Waals surface area contributed by atoms with Crippen LogP contribution in [0.5, 0.6) is 23.0 Å². The highest BCUT2D eigenvalue weighted by Crippen LogP contribution is 2.59.